The second-order valence-corrected chi connectivity index (χ2v) is 7.97. The number of hydrogen-bond acceptors (Lipinski definition) is 6. The van der Waals surface area contributed by atoms with E-state index in [9.17, 15) is 14.3 Å². The molecule has 3 aliphatic heterocycles. The number of nitrogens with zero attached hydrogens (tertiary/aromatic N) is 1. The Balaban J connectivity index is 1.40. The van der Waals surface area contributed by atoms with E-state index in [0.29, 0.717) is 24.4 Å². The van der Waals surface area contributed by atoms with Crippen molar-refractivity contribution in [1.29, 1.82) is 0 Å². The molecule has 5 atom stereocenters. The average molecular weight is 377 g/mol. The zero-order chi connectivity index (χ0) is 18.8. The Morgan fingerprint density at radius 2 is 1.96 bits per heavy atom. The second kappa shape index (κ2) is 8.20. The van der Waals surface area contributed by atoms with Crippen LogP contribution in [-0.2, 0) is 4.79 Å². The van der Waals surface area contributed by atoms with Crippen molar-refractivity contribution < 1.29 is 14.3 Å². The summed E-state index contributed by atoms with van der Waals surface area (Å²) in [6, 6.07) is 6.61. The first-order valence-electron chi connectivity index (χ1n) is 9.79. The highest BCUT2D eigenvalue weighted by atomic mass is 19.1. The van der Waals surface area contributed by atoms with Crippen molar-refractivity contribution in [1.82, 2.24) is 26.6 Å². The third-order valence-electron chi connectivity index (χ3n) is 6.22. The maximum Gasteiger partial charge on any atom is 0.322 e. The Labute approximate surface area is 158 Å². The monoisotopic (exact) mass is 377 g/mol. The zero-order valence-corrected chi connectivity index (χ0v) is 15.3. The molecule has 3 fully saturated rings. The molecule has 0 aliphatic carbocycles. The summed E-state index contributed by atoms with van der Waals surface area (Å²) >= 11 is 0. The van der Waals surface area contributed by atoms with Crippen molar-refractivity contribution in [3.63, 3.8) is 0 Å². The minimum atomic E-state index is -0.795. The molecule has 7 nitrogen and oxygen atoms in total. The molecule has 0 spiro atoms. The van der Waals surface area contributed by atoms with Crippen LogP contribution < -0.4 is 21.7 Å². The molecule has 4 rings (SSSR count). The van der Waals surface area contributed by atoms with E-state index < -0.39 is 12.0 Å². The number of benzene rings is 1. The number of likely N-dealkylation sites (tertiary alicyclic amines) is 1. The average Bonchev–Trinajstić information content (AvgIpc) is 3.32. The molecule has 5 unspecified atom stereocenters. The normalized spacial score (nSPS) is 34.8. The van der Waals surface area contributed by atoms with Crippen LogP contribution >= 0.6 is 0 Å². The molecule has 0 saturated carbocycles. The molecule has 27 heavy (non-hydrogen) atoms. The molecule has 148 valence electrons. The first kappa shape index (κ1) is 18.8. The molecule has 1 aromatic carbocycles. The SMILES string of the molecule is O=C(O)C1NNCC1CN1CCCC(C2NNCC2c2ccc(F)cc2)C1. The van der Waals surface area contributed by atoms with Gasteiger partial charge in [-0.25, -0.2) is 9.82 Å². The summed E-state index contributed by atoms with van der Waals surface area (Å²) < 4.78 is 13.3. The number of carbonyl (C=O) groups is 1. The highest BCUT2D eigenvalue weighted by Gasteiger charge is 2.39. The molecule has 3 heterocycles. The summed E-state index contributed by atoms with van der Waals surface area (Å²) in [5, 5.41) is 9.35. The molecule has 8 heteroatoms. The van der Waals surface area contributed by atoms with Crippen LogP contribution in [-0.4, -0.2) is 60.8 Å². The third kappa shape index (κ3) is 4.14. The Morgan fingerprint density at radius 1 is 1.19 bits per heavy atom. The topological polar surface area (TPSA) is 88.7 Å². The first-order chi connectivity index (χ1) is 13.1. The number of carboxylic acids is 1. The van der Waals surface area contributed by atoms with Crippen LogP contribution in [0.5, 0.6) is 0 Å². The summed E-state index contributed by atoms with van der Waals surface area (Å²) in [6.07, 6.45) is 2.27. The van der Waals surface area contributed by atoms with Crippen LogP contribution in [0.1, 0.15) is 24.3 Å². The Kier molecular flexibility index (Phi) is 5.70. The van der Waals surface area contributed by atoms with E-state index in [0.717, 1.165) is 44.6 Å². The van der Waals surface area contributed by atoms with E-state index in [1.54, 1.807) is 0 Å². The molecule has 0 aromatic heterocycles. The number of rotatable bonds is 5. The van der Waals surface area contributed by atoms with Crippen LogP contribution in [0.4, 0.5) is 4.39 Å². The van der Waals surface area contributed by atoms with Crippen LogP contribution in [0.15, 0.2) is 24.3 Å². The molecule has 0 bridgehead atoms. The van der Waals surface area contributed by atoms with Gasteiger partial charge in [-0.1, -0.05) is 12.1 Å². The smallest absolute Gasteiger partial charge is 0.322 e. The summed E-state index contributed by atoms with van der Waals surface area (Å²) in [6.45, 7) is 4.28. The van der Waals surface area contributed by atoms with E-state index in [-0.39, 0.29) is 11.7 Å². The Bertz CT molecular complexity index is 658. The van der Waals surface area contributed by atoms with Gasteiger partial charge in [0.15, 0.2) is 0 Å². The van der Waals surface area contributed by atoms with Crippen molar-refractivity contribution in [3.05, 3.63) is 35.6 Å². The van der Waals surface area contributed by atoms with Crippen molar-refractivity contribution in [2.45, 2.75) is 30.8 Å². The van der Waals surface area contributed by atoms with E-state index in [4.69, 9.17) is 0 Å². The van der Waals surface area contributed by atoms with Crippen molar-refractivity contribution >= 4 is 5.97 Å². The molecule has 1 aromatic rings. The lowest BCUT2D eigenvalue weighted by atomic mass is 9.81. The van der Waals surface area contributed by atoms with Gasteiger partial charge in [0.25, 0.3) is 0 Å². The largest absolute Gasteiger partial charge is 0.480 e. The minimum absolute atomic E-state index is 0.0730. The van der Waals surface area contributed by atoms with Crippen LogP contribution in [0, 0.1) is 17.7 Å². The Morgan fingerprint density at radius 3 is 2.74 bits per heavy atom. The van der Waals surface area contributed by atoms with Crippen molar-refractivity contribution in [2.75, 3.05) is 32.7 Å². The first-order valence-corrected chi connectivity index (χ1v) is 9.79. The van der Waals surface area contributed by atoms with Gasteiger partial charge in [0.05, 0.1) is 0 Å². The van der Waals surface area contributed by atoms with Gasteiger partial charge >= 0.3 is 5.97 Å². The van der Waals surface area contributed by atoms with Gasteiger partial charge in [0.2, 0.25) is 0 Å². The predicted octanol–water partition coefficient (Wildman–Crippen LogP) is 0.275. The number of aliphatic carboxylic acids is 1. The van der Waals surface area contributed by atoms with Crippen molar-refractivity contribution in [2.24, 2.45) is 11.8 Å². The van der Waals surface area contributed by atoms with Crippen LogP contribution in [0.25, 0.3) is 0 Å². The fourth-order valence-electron chi connectivity index (χ4n) is 4.85. The highest BCUT2D eigenvalue weighted by molar-refractivity contribution is 5.74. The summed E-state index contributed by atoms with van der Waals surface area (Å²) in [4.78, 5) is 13.8. The molecule has 3 aliphatic rings. The van der Waals surface area contributed by atoms with Gasteiger partial charge in [0, 0.05) is 44.1 Å². The van der Waals surface area contributed by atoms with Crippen LogP contribution in [0.2, 0.25) is 0 Å². The summed E-state index contributed by atoms with van der Waals surface area (Å²) in [5.74, 6) is -0.128. The number of halogens is 1. The van der Waals surface area contributed by atoms with Crippen molar-refractivity contribution in [3.8, 4) is 0 Å². The fourth-order valence-corrected chi connectivity index (χ4v) is 4.85. The number of carboxylic acid groups (broad SMARTS) is 1. The molecule has 0 radical (unpaired) electrons. The lowest BCUT2D eigenvalue weighted by Crippen LogP contribution is -2.49. The Hall–Kier alpha value is -1.58. The lowest BCUT2D eigenvalue weighted by molar-refractivity contribution is -0.140. The van der Waals surface area contributed by atoms with Gasteiger partial charge in [-0.15, -0.1) is 0 Å². The summed E-state index contributed by atoms with van der Waals surface area (Å²) in [7, 11) is 0. The maximum absolute atomic E-state index is 13.3. The van der Waals surface area contributed by atoms with Gasteiger partial charge in [-0.2, -0.15) is 0 Å². The zero-order valence-electron chi connectivity index (χ0n) is 15.3. The van der Waals surface area contributed by atoms with E-state index >= 15 is 0 Å². The van der Waals surface area contributed by atoms with Crippen LogP contribution in [0.3, 0.4) is 0 Å². The second-order valence-electron chi connectivity index (χ2n) is 7.97. The molecule has 3 saturated heterocycles. The van der Waals surface area contributed by atoms with E-state index in [1.165, 1.54) is 12.1 Å². The number of hydrazine groups is 2. The van der Waals surface area contributed by atoms with Gasteiger partial charge in [-0.05, 0) is 43.0 Å². The molecule has 5 N–H and O–H groups in total. The van der Waals surface area contributed by atoms with E-state index in [2.05, 4.69) is 26.6 Å². The number of hydrogen-bond donors (Lipinski definition) is 5. The van der Waals surface area contributed by atoms with Gasteiger partial charge in [0.1, 0.15) is 11.9 Å². The fraction of sp³-hybridized carbons (Fsp3) is 0.632. The standard InChI is InChI=1S/C19H28FN5O2/c20-15-5-3-12(4-6-15)16-9-22-23-17(16)13-2-1-7-25(10-13)11-14-8-21-24-18(14)19(26)27/h3-6,13-14,16-18,21-24H,1-2,7-11H2,(H,26,27). The minimum Gasteiger partial charge on any atom is -0.480 e. The summed E-state index contributed by atoms with van der Waals surface area (Å²) in [5.41, 5.74) is 13.7. The molecule has 0 amide bonds. The lowest BCUT2D eigenvalue weighted by Gasteiger charge is -2.38. The third-order valence-corrected chi connectivity index (χ3v) is 6.22. The van der Waals surface area contributed by atoms with Gasteiger partial charge in [-0.3, -0.25) is 21.1 Å². The van der Waals surface area contributed by atoms with E-state index in [1.807, 2.05) is 12.1 Å². The molecular weight excluding hydrogens is 349 g/mol. The number of nitrogens with one attached hydrogen (secondary N) is 4. The maximum atomic E-state index is 13.3. The van der Waals surface area contributed by atoms with Gasteiger partial charge < -0.3 is 10.0 Å². The highest BCUT2D eigenvalue weighted by Crippen LogP contribution is 2.32. The number of piperidine rings is 1. The predicted molar refractivity (Wildman–Crippen MR) is 99.3 cm³/mol. The quantitative estimate of drug-likeness (QED) is 0.504. The molecular formula is C19H28FN5O2.